The largest absolute Gasteiger partial charge is 0.394 e. The molecule has 0 aromatic heterocycles. The Labute approximate surface area is 197 Å². The first-order chi connectivity index (χ1) is 15.7. The van der Waals surface area contributed by atoms with E-state index in [9.17, 15) is 35.7 Å². The van der Waals surface area contributed by atoms with Crippen LogP contribution in [-0.2, 0) is 4.74 Å². The molecule has 0 spiro atoms. The Morgan fingerprint density at radius 1 is 0.909 bits per heavy atom. The molecule has 0 unspecified atom stereocenters. The smallest absolute Gasteiger partial charge is 0.219 e. The zero-order chi connectivity index (χ0) is 24.9. The van der Waals surface area contributed by atoms with Gasteiger partial charge in [0.15, 0.2) is 0 Å². The van der Waals surface area contributed by atoms with Gasteiger partial charge in [-0.3, -0.25) is 0 Å². The van der Waals surface area contributed by atoms with Crippen LogP contribution in [0.15, 0.2) is 12.2 Å². The molecule has 33 heavy (non-hydrogen) atoms. The van der Waals surface area contributed by atoms with Gasteiger partial charge >= 0.3 is 0 Å². The van der Waals surface area contributed by atoms with E-state index in [0.717, 1.165) is 19.3 Å². The Hall–Kier alpha value is -0.620. The van der Waals surface area contributed by atoms with Gasteiger partial charge in [-0.2, -0.15) is 0 Å². The summed E-state index contributed by atoms with van der Waals surface area (Å²) < 4.78 is 5.18. The molecule has 0 amide bonds. The van der Waals surface area contributed by atoms with E-state index in [1.165, 1.54) is 57.4 Å². The average molecular weight is 478 g/mol. The molecule has 1 heterocycles. The molecular weight excluding hydrogens is 430 g/mol. The van der Waals surface area contributed by atoms with Gasteiger partial charge in [-0.1, -0.05) is 83.3 Å². The standard InChI is InChI=1S/C24H47NO8/c1-2-3-4-5-6-7-8-9-10-11-12-13-14-15-19(28)23(25,17-27)24(32)22(31)21(30)20(29)18(16-26)33-24/h14-15,18-22,26-32H,2-13,16-17,25H2,1H3/b15-14+/t18-,19-,20+,21+,22-,23-,24-/m1/s1. The van der Waals surface area contributed by atoms with Crippen molar-refractivity contribution in [3.8, 4) is 0 Å². The minimum atomic E-state index is -2.81. The maximum absolute atomic E-state index is 10.9. The van der Waals surface area contributed by atoms with Crippen LogP contribution >= 0.6 is 0 Å². The number of rotatable bonds is 17. The van der Waals surface area contributed by atoms with E-state index in [1.807, 2.05) is 0 Å². The lowest BCUT2D eigenvalue weighted by atomic mass is 9.76. The van der Waals surface area contributed by atoms with Crippen molar-refractivity contribution in [1.29, 1.82) is 0 Å². The molecule has 7 atom stereocenters. The molecule has 1 aliphatic heterocycles. The quantitative estimate of drug-likeness (QED) is 0.109. The number of ether oxygens (including phenoxy) is 1. The summed E-state index contributed by atoms with van der Waals surface area (Å²) in [5.41, 5.74) is 3.74. The molecular formula is C24H47NO8. The molecule has 1 aliphatic rings. The summed E-state index contributed by atoms with van der Waals surface area (Å²) in [5, 5.41) is 70.8. The van der Waals surface area contributed by atoms with Crippen molar-refractivity contribution in [2.24, 2.45) is 5.73 Å². The number of aliphatic hydroxyl groups excluding tert-OH is 6. The summed E-state index contributed by atoms with van der Waals surface area (Å²) in [6, 6.07) is 0. The van der Waals surface area contributed by atoms with E-state index in [1.54, 1.807) is 6.08 Å². The summed E-state index contributed by atoms with van der Waals surface area (Å²) in [4.78, 5) is 0. The molecule has 0 saturated carbocycles. The number of nitrogens with two attached hydrogens (primary N) is 1. The highest BCUT2D eigenvalue weighted by atomic mass is 16.7. The van der Waals surface area contributed by atoms with Crippen molar-refractivity contribution < 1.29 is 40.5 Å². The van der Waals surface area contributed by atoms with Gasteiger partial charge in [-0.05, 0) is 12.8 Å². The molecule has 9 heteroatoms. The molecule has 1 rings (SSSR count). The van der Waals surface area contributed by atoms with E-state index in [4.69, 9.17) is 10.5 Å². The van der Waals surface area contributed by atoms with Gasteiger partial charge in [0.2, 0.25) is 5.79 Å². The van der Waals surface area contributed by atoms with E-state index < -0.39 is 55.1 Å². The van der Waals surface area contributed by atoms with Gasteiger partial charge in [0.1, 0.15) is 30.0 Å². The minimum absolute atomic E-state index is 0.665. The fraction of sp³-hybridized carbons (Fsp3) is 0.917. The normalized spacial score (nSPS) is 31.1. The van der Waals surface area contributed by atoms with Gasteiger partial charge in [-0.15, -0.1) is 0 Å². The molecule has 9 N–H and O–H groups in total. The molecule has 9 nitrogen and oxygen atoms in total. The predicted molar refractivity (Wildman–Crippen MR) is 125 cm³/mol. The second-order valence-corrected chi connectivity index (χ2v) is 9.36. The van der Waals surface area contributed by atoms with Crippen LogP contribution in [-0.4, -0.2) is 90.8 Å². The third-order valence-electron chi connectivity index (χ3n) is 6.72. The summed E-state index contributed by atoms with van der Waals surface area (Å²) in [5.74, 6) is -2.81. The fourth-order valence-electron chi connectivity index (χ4n) is 4.28. The molecule has 1 saturated heterocycles. The maximum Gasteiger partial charge on any atom is 0.219 e. The van der Waals surface area contributed by atoms with Gasteiger partial charge in [0.05, 0.1) is 19.3 Å². The summed E-state index contributed by atoms with van der Waals surface area (Å²) in [6.45, 7) is 0.448. The molecule has 1 fully saturated rings. The van der Waals surface area contributed by atoms with Crippen molar-refractivity contribution in [3.05, 3.63) is 12.2 Å². The van der Waals surface area contributed by atoms with Crippen LogP contribution in [0.1, 0.15) is 84.0 Å². The van der Waals surface area contributed by atoms with Crippen LogP contribution in [0.5, 0.6) is 0 Å². The third-order valence-corrected chi connectivity index (χ3v) is 6.72. The van der Waals surface area contributed by atoms with Crippen molar-refractivity contribution in [2.75, 3.05) is 13.2 Å². The highest BCUT2D eigenvalue weighted by Gasteiger charge is 2.64. The van der Waals surface area contributed by atoms with Crippen LogP contribution in [0.3, 0.4) is 0 Å². The Morgan fingerprint density at radius 3 is 1.91 bits per heavy atom. The Bertz CT molecular complexity index is 549. The monoisotopic (exact) mass is 477 g/mol. The lowest BCUT2D eigenvalue weighted by Crippen LogP contribution is -2.80. The van der Waals surface area contributed by atoms with Crippen molar-refractivity contribution in [2.45, 2.75) is 126 Å². The van der Waals surface area contributed by atoms with Crippen LogP contribution < -0.4 is 5.73 Å². The summed E-state index contributed by atoms with van der Waals surface area (Å²) in [6.07, 6.45) is 8.30. The molecule has 196 valence electrons. The molecule has 0 aliphatic carbocycles. The maximum atomic E-state index is 10.9. The van der Waals surface area contributed by atoms with Crippen LogP contribution in [0.4, 0.5) is 0 Å². The number of hydrogen-bond donors (Lipinski definition) is 8. The second kappa shape index (κ2) is 15.4. The predicted octanol–water partition coefficient (Wildman–Crippen LogP) is 0.457. The number of hydrogen-bond acceptors (Lipinski definition) is 9. The van der Waals surface area contributed by atoms with E-state index in [-0.39, 0.29) is 0 Å². The van der Waals surface area contributed by atoms with Crippen molar-refractivity contribution in [3.63, 3.8) is 0 Å². The van der Waals surface area contributed by atoms with Crippen molar-refractivity contribution in [1.82, 2.24) is 0 Å². The number of unbranched alkanes of at least 4 members (excludes halogenated alkanes) is 11. The Balaban J connectivity index is 2.45. The van der Waals surface area contributed by atoms with E-state index in [2.05, 4.69) is 6.92 Å². The Morgan fingerprint density at radius 2 is 1.42 bits per heavy atom. The summed E-state index contributed by atoms with van der Waals surface area (Å²) in [7, 11) is 0. The van der Waals surface area contributed by atoms with Crippen LogP contribution in [0, 0.1) is 0 Å². The minimum Gasteiger partial charge on any atom is -0.394 e. The highest BCUT2D eigenvalue weighted by Crippen LogP contribution is 2.37. The van der Waals surface area contributed by atoms with Gasteiger partial charge < -0.3 is 46.2 Å². The summed E-state index contributed by atoms with van der Waals surface area (Å²) >= 11 is 0. The topological polar surface area (TPSA) is 177 Å². The van der Waals surface area contributed by atoms with Gasteiger partial charge in [0.25, 0.3) is 0 Å². The van der Waals surface area contributed by atoms with Crippen LogP contribution in [0.25, 0.3) is 0 Å². The first kappa shape index (κ1) is 30.4. The number of allylic oxidation sites excluding steroid dienone is 1. The zero-order valence-corrected chi connectivity index (χ0v) is 20.1. The van der Waals surface area contributed by atoms with Crippen molar-refractivity contribution >= 4 is 0 Å². The van der Waals surface area contributed by atoms with Gasteiger partial charge in [0, 0.05) is 0 Å². The molecule has 0 aromatic carbocycles. The van der Waals surface area contributed by atoms with E-state index >= 15 is 0 Å². The molecule has 0 radical (unpaired) electrons. The number of aliphatic hydroxyl groups is 7. The highest BCUT2D eigenvalue weighted by molar-refractivity contribution is 5.16. The Kier molecular flexibility index (Phi) is 14.2. The molecule has 0 aromatic rings. The first-order valence-electron chi connectivity index (χ1n) is 12.5. The fourth-order valence-corrected chi connectivity index (χ4v) is 4.28. The van der Waals surface area contributed by atoms with Crippen LogP contribution in [0.2, 0.25) is 0 Å². The SMILES string of the molecule is CCCCCCCCCCCCC/C=C/[C@@H](O)[C@](N)(CO)[C@]1(O)O[C@H](CO)[C@H](O)[C@H](O)[C@H]1O. The zero-order valence-electron chi connectivity index (χ0n) is 20.1. The van der Waals surface area contributed by atoms with Gasteiger partial charge in [-0.25, -0.2) is 0 Å². The molecule has 0 bridgehead atoms. The first-order valence-corrected chi connectivity index (χ1v) is 12.5. The lowest BCUT2D eigenvalue weighted by molar-refractivity contribution is -0.380. The lowest BCUT2D eigenvalue weighted by Gasteiger charge is -2.53. The third kappa shape index (κ3) is 8.23. The van der Waals surface area contributed by atoms with E-state index in [0.29, 0.717) is 6.42 Å². The second-order valence-electron chi connectivity index (χ2n) is 9.36. The average Bonchev–Trinajstić information content (AvgIpc) is 2.82.